The van der Waals surface area contributed by atoms with Crippen molar-refractivity contribution < 1.29 is 18.8 Å². The van der Waals surface area contributed by atoms with Crippen molar-refractivity contribution in [2.75, 3.05) is 6.54 Å². The summed E-state index contributed by atoms with van der Waals surface area (Å²) in [7, 11) is -0.311. The largest absolute Gasteiger partial charge is 0.494 e. The van der Waals surface area contributed by atoms with E-state index in [9.17, 15) is 4.79 Å². The van der Waals surface area contributed by atoms with E-state index in [4.69, 9.17) is 14.0 Å². The summed E-state index contributed by atoms with van der Waals surface area (Å²) >= 11 is 0. The van der Waals surface area contributed by atoms with E-state index >= 15 is 0 Å². The van der Waals surface area contributed by atoms with Gasteiger partial charge in [0.25, 0.3) is 0 Å². The fourth-order valence-corrected chi connectivity index (χ4v) is 4.86. The lowest BCUT2D eigenvalue weighted by Gasteiger charge is -2.33. The van der Waals surface area contributed by atoms with Gasteiger partial charge < -0.3 is 14.0 Å². The Kier molecular flexibility index (Phi) is 7.50. The van der Waals surface area contributed by atoms with Crippen LogP contribution in [-0.2, 0) is 14.0 Å². The highest BCUT2D eigenvalue weighted by atomic mass is 16.7. The minimum atomic E-state index is -0.503. The van der Waals surface area contributed by atoms with Gasteiger partial charge >= 0.3 is 13.2 Å². The molecule has 2 N–H and O–H groups in total. The van der Waals surface area contributed by atoms with Gasteiger partial charge in [0.05, 0.1) is 40.3 Å². The first-order chi connectivity index (χ1) is 19.2. The Bertz CT molecular complexity index is 1570. The molecule has 41 heavy (non-hydrogen) atoms. The van der Waals surface area contributed by atoms with Crippen LogP contribution in [0.15, 0.2) is 54.9 Å². The fourth-order valence-electron chi connectivity index (χ4n) is 4.86. The molecule has 0 bridgehead atoms. The van der Waals surface area contributed by atoms with Crippen molar-refractivity contribution in [3.05, 3.63) is 60.4 Å². The summed E-state index contributed by atoms with van der Waals surface area (Å²) in [6.45, 7) is 16.7. The minimum absolute atomic E-state index is 0.289. The molecule has 0 unspecified atom stereocenters. The van der Waals surface area contributed by atoms with Crippen LogP contribution in [0.3, 0.4) is 0 Å². The molecule has 2 aromatic carbocycles. The predicted molar refractivity (Wildman–Crippen MR) is 163 cm³/mol. The van der Waals surface area contributed by atoms with Crippen molar-refractivity contribution in [1.82, 2.24) is 25.3 Å². The van der Waals surface area contributed by atoms with Crippen LogP contribution >= 0.6 is 0 Å². The van der Waals surface area contributed by atoms with E-state index in [0.717, 1.165) is 44.9 Å². The van der Waals surface area contributed by atoms with Gasteiger partial charge in [-0.15, -0.1) is 0 Å². The van der Waals surface area contributed by atoms with Crippen LogP contribution in [0.25, 0.3) is 27.5 Å². The normalized spacial score (nSPS) is 20.1. The summed E-state index contributed by atoms with van der Waals surface area (Å²) in [4.78, 5) is 14.4. The van der Waals surface area contributed by atoms with E-state index < -0.39 is 5.60 Å². The van der Waals surface area contributed by atoms with Crippen LogP contribution in [0, 0.1) is 5.92 Å². The predicted octanol–water partition coefficient (Wildman–Crippen LogP) is 6.04. The maximum Gasteiger partial charge on any atom is 0.494 e. The molecule has 2 aliphatic rings. The second kappa shape index (κ2) is 10.7. The number of hydrogen-bond acceptors (Lipinski definition) is 6. The highest BCUT2D eigenvalue weighted by Crippen LogP contribution is 2.36. The minimum Gasteiger partial charge on any atom is -0.443 e. The van der Waals surface area contributed by atoms with E-state index in [1.807, 2.05) is 51.2 Å². The molecular weight excluding hydrogens is 517 g/mol. The van der Waals surface area contributed by atoms with E-state index in [1.54, 1.807) is 11.1 Å². The molecule has 0 saturated carbocycles. The molecular formula is C31H40BN5O4. The van der Waals surface area contributed by atoms with Gasteiger partial charge in [-0.05, 0) is 90.0 Å². The van der Waals surface area contributed by atoms with Crippen LogP contribution in [-0.4, -0.2) is 61.9 Å². The molecule has 10 heteroatoms. The second-order valence-corrected chi connectivity index (χ2v) is 13.0. The number of fused-ring (bicyclic) bond motifs is 2. The number of allylic oxidation sites excluding steroid dienone is 1. The lowest BCUT2D eigenvalue weighted by atomic mass is 9.79. The van der Waals surface area contributed by atoms with Gasteiger partial charge in [0.15, 0.2) is 0 Å². The molecule has 1 saturated heterocycles. The monoisotopic (exact) mass is 557 g/mol. The van der Waals surface area contributed by atoms with Crippen molar-refractivity contribution >= 4 is 46.2 Å². The Morgan fingerprint density at radius 2 is 1.56 bits per heavy atom. The molecule has 9 nitrogen and oxygen atoms in total. The molecule has 1 fully saturated rings. The molecule has 2 aromatic heterocycles. The number of benzene rings is 2. The number of carbonyl (C=O) groups excluding carboxylic acids is 1. The maximum absolute atomic E-state index is 12.6. The first-order valence-electron chi connectivity index (χ1n) is 14.2. The summed E-state index contributed by atoms with van der Waals surface area (Å²) in [6, 6.07) is 12.1. The lowest BCUT2D eigenvalue weighted by Crippen LogP contribution is -2.41. The molecule has 1 atom stereocenters. The van der Waals surface area contributed by atoms with E-state index in [0.29, 0.717) is 12.5 Å². The average molecular weight is 558 g/mol. The molecule has 0 spiro atoms. The SMILES string of the molecule is CC1(C)OB(c2ccc3[nH]ncc3c2)OC1(C)C.C[C@H]1CC=C(c2ccc3[nH]ncc3c2)N(C(=O)OC(C)(C)C)C1. The van der Waals surface area contributed by atoms with Gasteiger partial charge in [-0.3, -0.25) is 15.1 Å². The third kappa shape index (κ3) is 6.18. The van der Waals surface area contributed by atoms with Gasteiger partial charge in [-0.25, -0.2) is 4.79 Å². The number of hydrogen-bond donors (Lipinski definition) is 2. The van der Waals surface area contributed by atoms with Crippen molar-refractivity contribution in [2.24, 2.45) is 5.92 Å². The average Bonchev–Trinajstić information content (AvgIpc) is 3.60. The quantitative estimate of drug-likeness (QED) is 0.291. The number of amides is 1. The van der Waals surface area contributed by atoms with Crippen LogP contribution in [0.2, 0.25) is 0 Å². The van der Waals surface area contributed by atoms with Gasteiger partial charge in [-0.2, -0.15) is 10.2 Å². The maximum atomic E-state index is 12.6. The van der Waals surface area contributed by atoms with Crippen molar-refractivity contribution in [3.8, 4) is 0 Å². The summed E-state index contributed by atoms with van der Waals surface area (Å²) in [5, 5.41) is 16.1. The van der Waals surface area contributed by atoms with Crippen LogP contribution in [0.4, 0.5) is 4.79 Å². The molecule has 216 valence electrons. The van der Waals surface area contributed by atoms with E-state index in [2.05, 4.69) is 73.2 Å². The molecule has 2 aliphatic heterocycles. The van der Waals surface area contributed by atoms with Gasteiger partial charge in [0.1, 0.15) is 5.60 Å². The van der Waals surface area contributed by atoms with Crippen LogP contribution in [0.1, 0.15) is 67.4 Å². The number of nitrogens with zero attached hydrogens (tertiary/aromatic N) is 3. The number of ether oxygens (including phenoxy) is 1. The number of aromatic amines is 2. The number of aromatic nitrogens is 4. The smallest absolute Gasteiger partial charge is 0.443 e. The number of nitrogens with one attached hydrogen (secondary N) is 2. The van der Waals surface area contributed by atoms with Crippen molar-refractivity contribution in [3.63, 3.8) is 0 Å². The Balaban J connectivity index is 0.000000169. The Morgan fingerprint density at radius 3 is 2.17 bits per heavy atom. The third-order valence-electron chi connectivity index (χ3n) is 7.84. The summed E-state index contributed by atoms with van der Waals surface area (Å²) in [5.74, 6) is 0.420. The number of carbonyl (C=O) groups is 1. The topological polar surface area (TPSA) is 105 Å². The first kappa shape index (κ1) is 28.9. The summed E-state index contributed by atoms with van der Waals surface area (Å²) in [5.41, 5.74) is 3.86. The van der Waals surface area contributed by atoms with E-state index in [1.165, 1.54) is 0 Å². The van der Waals surface area contributed by atoms with E-state index in [-0.39, 0.29) is 24.4 Å². The Morgan fingerprint density at radius 1 is 0.976 bits per heavy atom. The van der Waals surface area contributed by atoms with Gasteiger partial charge in [-0.1, -0.05) is 31.2 Å². The summed E-state index contributed by atoms with van der Waals surface area (Å²) in [6.07, 6.45) is 6.40. The Labute approximate surface area is 241 Å². The zero-order valence-corrected chi connectivity index (χ0v) is 25.2. The van der Waals surface area contributed by atoms with Crippen LogP contribution in [0.5, 0.6) is 0 Å². The molecule has 4 heterocycles. The number of rotatable bonds is 2. The highest BCUT2D eigenvalue weighted by molar-refractivity contribution is 6.62. The molecule has 4 aromatic rings. The van der Waals surface area contributed by atoms with Gasteiger partial charge in [0.2, 0.25) is 0 Å². The number of H-pyrrole nitrogens is 2. The van der Waals surface area contributed by atoms with Crippen molar-refractivity contribution in [1.29, 1.82) is 0 Å². The zero-order chi connectivity index (χ0) is 29.6. The molecule has 6 rings (SSSR count). The fraction of sp³-hybridized carbons (Fsp3) is 0.452. The highest BCUT2D eigenvalue weighted by Gasteiger charge is 2.51. The second-order valence-electron chi connectivity index (χ2n) is 13.0. The van der Waals surface area contributed by atoms with Crippen molar-refractivity contribution in [2.45, 2.75) is 78.6 Å². The Hall–Kier alpha value is -3.63. The third-order valence-corrected chi connectivity index (χ3v) is 7.84. The van der Waals surface area contributed by atoms with Crippen LogP contribution < -0.4 is 5.46 Å². The molecule has 0 radical (unpaired) electrons. The summed E-state index contributed by atoms with van der Waals surface area (Å²) < 4.78 is 17.6. The lowest BCUT2D eigenvalue weighted by molar-refractivity contribution is 0.00578. The van der Waals surface area contributed by atoms with Gasteiger partial charge in [0, 0.05) is 17.3 Å². The molecule has 0 aliphatic carbocycles. The zero-order valence-electron chi connectivity index (χ0n) is 25.2. The first-order valence-corrected chi connectivity index (χ1v) is 14.2. The standard InChI is InChI=1S/C18H23N3O2.C13H17BN2O2/c1-12-5-8-16(21(11-12)17(22)23-18(2,3)4)13-6-7-15-14(9-13)10-19-20-15;1-12(2)13(3,4)18-14(17-12)10-5-6-11-9(7-10)8-15-16-11/h6-10,12H,5,11H2,1-4H3,(H,19,20);5-8H,1-4H3,(H,15,16)/t12-;/m0./s1. The molecule has 1 amide bonds.